The van der Waals surface area contributed by atoms with Gasteiger partial charge in [-0.3, -0.25) is 4.79 Å². The highest BCUT2D eigenvalue weighted by Crippen LogP contribution is 2.23. The Bertz CT molecular complexity index is 655. The molecule has 0 fully saturated rings. The zero-order valence-electron chi connectivity index (χ0n) is 11.6. The first-order valence-electron chi connectivity index (χ1n) is 6.68. The molecular formula is C17H16BrFO2. The van der Waals surface area contributed by atoms with E-state index in [0.29, 0.717) is 12.8 Å². The maximum Gasteiger partial charge on any atom is 0.307 e. The smallest absolute Gasteiger partial charge is 0.307 e. The second kappa shape index (κ2) is 6.85. The molecule has 2 rings (SSSR count). The van der Waals surface area contributed by atoms with Crippen LogP contribution in [0.2, 0.25) is 0 Å². The number of carbonyl (C=O) groups is 1. The molecule has 1 unspecified atom stereocenters. The summed E-state index contributed by atoms with van der Waals surface area (Å²) >= 11 is 3.44. The highest BCUT2D eigenvalue weighted by Gasteiger charge is 2.20. The molecule has 0 saturated carbocycles. The van der Waals surface area contributed by atoms with Crippen molar-refractivity contribution >= 4 is 21.9 Å². The van der Waals surface area contributed by atoms with E-state index in [1.54, 1.807) is 13.0 Å². The highest BCUT2D eigenvalue weighted by molar-refractivity contribution is 9.10. The summed E-state index contributed by atoms with van der Waals surface area (Å²) in [6.07, 6.45) is 0.830. The maximum atomic E-state index is 13.1. The van der Waals surface area contributed by atoms with E-state index in [-0.39, 0.29) is 5.82 Å². The summed E-state index contributed by atoms with van der Waals surface area (Å²) in [5, 5.41) is 9.44. The molecule has 0 aliphatic rings. The molecule has 21 heavy (non-hydrogen) atoms. The topological polar surface area (TPSA) is 37.3 Å². The van der Waals surface area contributed by atoms with E-state index in [0.717, 1.165) is 21.2 Å². The van der Waals surface area contributed by atoms with Gasteiger partial charge in [-0.25, -0.2) is 4.39 Å². The zero-order valence-corrected chi connectivity index (χ0v) is 13.2. The summed E-state index contributed by atoms with van der Waals surface area (Å²) in [5.41, 5.74) is 2.62. The molecule has 1 N–H and O–H groups in total. The van der Waals surface area contributed by atoms with Gasteiger partial charge in [-0.15, -0.1) is 0 Å². The third-order valence-corrected chi connectivity index (χ3v) is 4.32. The first-order valence-corrected chi connectivity index (χ1v) is 7.48. The lowest BCUT2D eigenvalue weighted by Crippen LogP contribution is -2.20. The Kier molecular flexibility index (Phi) is 5.12. The Labute approximate surface area is 131 Å². The number of carboxylic acid groups (broad SMARTS) is 1. The van der Waals surface area contributed by atoms with Gasteiger partial charge in [0, 0.05) is 4.47 Å². The van der Waals surface area contributed by atoms with E-state index >= 15 is 0 Å². The van der Waals surface area contributed by atoms with Gasteiger partial charge >= 0.3 is 5.97 Å². The maximum absolute atomic E-state index is 13.1. The predicted octanol–water partition coefficient (Wildman–Crippen LogP) is 4.38. The lowest BCUT2D eigenvalue weighted by atomic mass is 9.91. The van der Waals surface area contributed by atoms with Crippen molar-refractivity contribution < 1.29 is 14.3 Å². The van der Waals surface area contributed by atoms with Crippen molar-refractivity contribution in [3.05, 3.63) is 69.4 Å². The predicted molar refractivity (Wildman–Crippen MR) is 83.8 cm³/mol. The van der Waals surface area contributed by atoms with Gasteiger partial charge in [0.05, 0.1) is 5.92 Å². The summed E-state index contributed by atoms with van der Waals surface area (Å²) in [7, 11) is 0. The summed E-state index contributed by atoms with van der Waals surface area (Å²) < 4.78 is 14.0. The van der Waals surface area contributed by atoms with Crippen LogP contribution in [0.1, 0.15) is 16.7 Å². The number of carboxylic acids is 1. The quantitative estimate of drug-likeness (QED) is 0.868. The van der Waals surface area contributed by atoms with Crippen LogP contribution < -0.4 is 0 Å². The first-order chi connectivity index (χ1) is 9.97. The molecule has 0 amide bonds. The molecule has 0 aliphatic heterocycles. The van der Waals surface area contributed by atoms with Crippen LogP contribution in [0.15, 0.2) is 46.9 Å². The lowest BCUT2D eigenvalue weighted by molar-refractivity contribution is -0.141. The SMILES string of the molecule is Cc1cc(F)ccc1CC(Cc1ccccc1Br)C(=O)O. The molecule has 0 heterocycles. The molecule has 0 spiro atoms. The second-order valence-electron chi connectivity index (χ2n) is 5.11. The van der Waals surface area contributed by atoms with Gasteiger partial charge in [-0.2, -0.15) is 0 Å². The van der Waals surface area contributed by atoms with Gasteiger partial charge in [-0.05, 0) is 54.7 Å². The molecule has 2 aromatic carbocycles. The average Bonchev–Trinajstić information content (AvgIpc) is 2.42. The van der Waals surface area contributed by atoms with Crippen LogP contribution in [0.4, 0.5) is 4.39 Å². The van der Waals surface area contributed by atoms with Gasteiger partial charge in [-0.1, -0.05) is 40.2 Å². The van der Waals surface area contributed by atoms with Crippen LogP contribution in [0.3, 0.4) is 0 Å². The van der Waals surface area contributed by atoms with Crippen LogP contribution in [-0.4, -0.2) is 11.1 Å². The Morgan fingerprint density at radius 2 is 1.86 bits per heavy atom. The van der Waals surface area contributed by atoms with Crippen molar-refractivity contribution in [3.8, 4) is 0 Å². The largest absolute Gasteiger partial charge is 0.481 e. The number of rotatable bonds is 5. The van der Waals surface area contributed by atoms with Gasteiger partial charge in [0.15, 0.2) is 0 Å². The number of aryl methyl sites for hydroxylation is 1. The third kappa shape index (κ3) is 4.14. The normalized spacial score (nSPS) is 12.1. The summed E-state index contributed by atoms with van der Waals surface area (Å²) in [4.78, 5) is 11.5. The van der Waals surface area contributed by atoms with E-state index in [9.17, 15) is 14.3 Å². The van der Waals surface area contributed by atoms with Crippen molar-refractivity contribution in [3.63, 3.8) is 0 Å². The third-order valence-electron chi connectivity index (χ3n) is 3.54. The van der Waals surface area contributed by atoms with Crippen molar-refractivity contribution in [1.29, 1.82) is 0 Å². The molecule has 0 bridgehead atoms. The number of halogens is 2. The molecule has 0 aliphatic carbocycles. The molecule has 0 saturated heterocycles. The number of aliphatic carboxylic acids is 1. The summed E-state index contributed by atoms with van der Waals surface area (Å²) in [5.74, 6) is -1.67. The number of benzene rings is 2. The summed E-state index contributed by atoms with van der Waals surface area (Å²) in [6.45, 7) is 1.80. The molecular weight excluding hydrogens is 335 g/mol. The van der Waals surface area contributed by atoms with Crippen LogP contribution in [0.25, 0.3) is 0 Å². The van der Waals surface area contributed by atoms with Crippen molar-refractivity contribution in [2.45, 2.75) is 19.8 Å². The Morgan fingerprint density at radius 3 is 2.48 bits per heavy atom. The van der Waals surface area contributed by atoms with Crippen LogP contribution >= 0.6 is 15.9 Å². The van der Waals surface area contributed by atoms with Gasteiger partial charge < -0.3 is 5.11 Å². The Balaban J connectivity index is 2.20. The molecule has 0 radical (unpaired) electrons. The molecule has 0 aromatic heterocycles. The van der Waals surface area contributed by atoms with E-state index in [4.69, 9.17) is 0 Å². The van der Waals surface area contributed by atoms with Crippen LogP contribution in [0.5, 0.6) is 0 Å². The van der Waals surface area contributed by atoms with Gasteiger partial charge in [0.2, 0.25) is 0 Å². The number of hydrogen-bond donors (Lipinski definition) is 1. The van der Waals surface area contributed by atoms with Gasteiger partial charge in [0.1, 0.15) is 5.82 Å². The fourth-order valence-electron chi connectivity index (χ4n) is 2.33. The minimum absolute atomic E-state index is 0.297. The number of hydrogen-bond acceptors (Lipinski definition) is 1. The Morgan fingerprint density at radius 1 is 1.19 bits per heavy atom. The van der Waals surface area contributed by atoms with E-state index < -0.39 is 11.9 Å². The molecule has 4 heteroatoms. The van der Waals surface area contributed by atoms with Gasteiger partial charge in [0.25, 0.3) is 0 Å². The van der Waals surface area contributed by atoms with Crippen molar-refractivity contribution in [2.24, 2.45) is 5.92 Å². The highest BCUT2D eigenvalue weighted by atomic mass is 79.9. The standard InChI is InChI=1S/C17H16BrFO2/c1-11-8-15(19)7-6-12(11)9-14(17(20)21)10-13-4-2-3-5-16(13)18/h2-8,14H,9-10H2,1H3,(H,20,21). The van der Waals surface area contributed by atoms with E-state index in [2.05, 4.69) is 15.9 Å². The minimum atomic E-state index is -0.838. The Hall–Kier alpha value is -1.68. The molecule has 110 valence electrons. The molecule has 2 nitrogen and oxygen atoms in total. The van der Waals surface area contributed by atoms with Crippen molar-refractivity contribution in [1.82, 2.24) is 0 Å². The first kappa shape index (κ1) is 15.7. The van der Waals surface area contributed by atoms with Crippen LogP contribution in [-0.2, 0) is 17.6 Å². The molecule has 1 atom stereocenters. The zero-order chi connectivity index (χ0) is 15.4. The fourth-order valence-corrected chi connectivity index (χ4v) is 2.78. The second-order valence-corrected chi connectivity index (χ2v) is 5.96. The molecule has 2 aromatic rings. The lowest BCUT2D eigenvalue weighted by Gasteiger charge is -2.15. The van der Waals surface area contributed by atoms with Crippen molar-refractivity contribution in [2.75, 3.05) is 0 Å². The average molecular weight is 351 g/mol. The van der Waals surface area contributed by atoms with E-state index in [1.807, 2.05) is 24.3 Å². The van der Waals surface area contributed by atoms with E-state index in [1.165, 1.54) is 12.1 Å². The minimum Gasteiger partial charge on any atom is -0.481 e. The monoisotopic (exact) mass is 350 g/mol. The summed E-state index contributed by atoms with van der Waals surface area (Å²) in [6, 6.07) is 12.1. The van der Waals surface area contributed by atoms with Crippen LogP contribution in [0, 0.1) is 18.7 Å². The fraction of sp³-hybridized carbons (Fsp3) is 0.235.